The topological polar surface area (TPSA) is 156 Å². The maximum absolute atomic E-state index is 13.1. The first-order valence-corrected chi connectivity index (χ1v) is 12.9. The van der Waals surface area contributed by atoms with Gasteiger partial charge in [-0.05, 0) is 37.7 Å². The highest BCUT2D eigenvalue weighted by Crippen LogP contribution is 2.42. The van der Waals surface area contributed by atoms with E-state index in [1.807, 2.05) is 13.8 Å². The number of nitrogens with one attached hydrogen (secondary N) is 1. The van der Waals surface area contributed by atoms with Crippen molar-refractivity contribution in [3.63, 3.8) is 0 Å². The molecule has 2 aromatic rings. The first-order valence-electron chi connectivity index (χ1n) is 12.1. The second-order valence-corrected chi connectivity index (χ2v) is 9.93. The van der Waals surface area contributed by atoms with E-state index in [0.29, 0.717) is 34.2 Å². The number of ether oxygens (including phenoxy) is 1. The summed E-state index contributed by atoms with van der Waals surface area (Å²) in [6.07, 6.45) is 4.54. The van der Waals surface area contributed by atoms with E-state index in [1.165, 1.54) is 18.4 Å². The van der Waals surface area contributed by atoms with Gasteiger partial charge in [0.1, 0.15) is 16.9 Å². The maximum Gasteiger partial charge on any atom is 0.255 e. The van der Waals surface area contributed by atoms with E-state index < -0.39 is 11.8 Å². The number of hydrogen-bond acceptors (Lipinski definition) is 9. The number of amidine groups is 1. The standard InChI is InChI=1S/C22H26N8O2S.C2H6/c1-32-16-9-15(30-8-7-26-22(11-30)5-6-22)27-20(28-16)18(24)29-21(31)12-3-2-4-14-17(12)13(10-23)19(25)33-14;1-2/h9,12,26H,2-8,11,25H2,1H3,(H2,24,29,31);1-2H3. The summed E-state index contributed by atoms with van der Waals surface area (Å²) in [5.41, 5.74) is 13.5. The number of amides is 1. The summed E-state index contributed by atoms with van der Waals surface area (Å²) in [6.45, 7) is 6.53. The second kappa shape index (κ2) is 10.2. The third-order valence-electron chi connectivity index (χ3n) is 6.62. The van der Waals surface area contributed by atoms with Crippen LogP contribution in [-0.4, -0.2) is 54.0 Å². The smallest absolute Gasteiger partial charge is 0.255 e. The number of carbonyl (C=O) groups is 1. The summed E-state index contributed by atoms with van der Waals surface area (Å²) >= 11 is 1.38. The van der Waals surface area contributed by atoms with Crippen LogP contribution < -0.4 is 26.4 Å². The molecule has 3 aliphatic rings. The van der Waals surface area contributed by atoms with Crippen molar-refractivity contribution in [1.82, 2.24) is 15.3 Å². The van der Waals surface area contributed by atoms with Gasteiger partial charge in [0.25, 0.3) is 5.91 Å². The van der Waals surface area contributed by atoms with Crippen LogP contribution in [0.2, 0.25) is 0 Å². The molecule has 0 bridgehead atoms. The van der Waals surface area contributed by atoms with E-state index in [9.17, 15) is 10.1 Å². The zero-order valence-corrected chi connectivity index (χ0v) is 21.2. The molecule has 186 valence electrons. The number of anilines is 2. The van der Waals surface area contributed by atoms with Crippen molar-refractivity contribution in [1.29, 1.82) is 5.26 Å². The summed E-state index contributed by atoms with van der Waals surface area (Å²) < 4.78 is 5.37. The first kappa shape index (κ1) is 24.9. The van der Waals surface area contributed by atoms with Crippen LogP contribution in [0.5, 0.6) is 5.88 Å². The van der Waals surface area contributed by atoms with Crippen LogP contribution in [0.4, 0.5) is 10.8 Å². The van der Waals surface area contributed by atoms with Gasteiger partial charge in [-0.2, -0.15) is 15.2 Å². The number of carbonyl (C=O) groups excluding carboxylic acids is 1. The van der Waals surface area contributed by atoms with Crippen LogP contribution in [0.3, 0.4) is 0 Å². The van der Waals surface area contributed by atoms with Crippen LogP contribution >= 0.6 is 11.3 Å². The Hall–Kier alpha value is -3.23. The minimum Gasteiger partial charge on any atom is -0.481 e. The molecule has 1 spiro atoms. The lowest BCUT2D eigenvalue weighted by Crippen LogP contribution is -2.52. The molecule has 2 fully saturated rings. The minimum absolute atomic E-state index is 0.0646. The number of nitrogens with zero attached hydrogens (tertiary/aromatic N) is 5. The highest BCUT2D eigenvalue weighted by atomic mass is 32.1. The third-order valence-corrected chi connectivity index (χ3v) is 7.71. The number of methoxy groups -OCH3 is 1. The van der Waals surface area contributed by atoms with E-state index in [2.05, 4.69) is 31.2 Å². The van der Waals surface area contributed by atoms with E-state index >= 15 is 0 Å². The number of aryl methyl sites for hydroxylation is 1. The Balaban J connectivity index is 0.00000141. The second-order valence-electron chi connectivity index (χ2n) is 8.79. The summed E-state index contributed by atoms with van der Waals surface area (Å²) in [4.78, 5) is 29.4. The number of hydrogen-bond donors (Lipinski definition) is 3. The lowest BCUT2D eigenvalue weighted by atomic mass is 9.85. The van der Waals surface area contributed by atoms with Crippen molar-refractivity contribution in [3.8, 4) is 11.9 Å². The molecule has 1 saturated carbocycles. The van der Waals surface area contributed by atoms with Crippen LogP contribution in [0, 0.1) is 11.3 Å². The Morgan fingerprint density at radius 1 is 1.40 bits per heavy atom. The molecule has 11 heteroatoms. The molecule has 1 amide bonds. The molecule has 35 heavy (non-hydrogen) atoms. The van der Waals surface area contributed by atoms with Crippen molar-refractivity contribution in [2.75, 3.05) is 37.4 Å². The number of aromatic nitrogens is 2. The lowest BCUT2D eigenvalue weighted by Gasteiger charge is -2.35. The highest BCUT2D eigenvalue weighted by Gasteiger charge is 2.46. The molecule has 1 aliphatic heterocycles. The van der Waals surface area contributed by atoms with E-state index in [0.717, 1.165) is 50.2 Å². The SMILES string of the molecule is CC.COc1cc(N2CCNC3(CC3)C2)nc(C(N)=NC(=O)C2CCCc3sc(N)c(C#N)c32)n1. The minimum atomic E-state index is -0.538. The number of aliphatic imine (C=N–C) groups is 1. The van der Waals surface area contributed by atoms with Gasteiger partial charge in [-0.25, -0.2) is 4.98 Å². The van der Waals surface area contributed by atoms with Crippen molar-refractivity contribution >= 4 is 33.9 Å². The van der Waals surface area contributed by atoms with Gasteiger partial charge in [0.05, 0.1) is 18.6 Å². The van der Waals surface area contributed by atoms with Crippen molar-refractivity contribution in [2.24, 2.45) is 10.7 Å². The molecule has 0 aromatic carbocycles. The number of nitrogens with two attached hydrogens (primary N) is 2. The van der Waals surface area contributed by atoms with E-state index in [4.69, 9.17) is 16.2 Å². The Labute approximate surface area is 209 Å². The van der Waals surface area contributed by atoms with Crippen molar-refractivity contribution in [2.45, 2.75) is 57.4 Å². The molecule has 2 aliphatic carbocycles. The van der Waals surface area contributed by atoms with Crippen molar-refractivity contribution in [3.05, 3.63) is 27.9 Å². The van der Waals surface area contributed by atoms with Crippen molar-refractivity contribution < 1.29 is 9.53 Å². The quantitative estimate of drug-likeness (QED) is 0.427. The molecular formula is C24H32N8O2S. The first-order chi connectivity index (χ1) is 16.9. The number of nitrogen functional groups attached to an aromatic ring is 1. The Morgan fingerprint density at radius 3 is 2.86 bits per heavy atom. The Bertz CT molecular complexity index is 1180. The van der Waals surface area contributed by atoms with Gasteiger partial charge in [-0.15, -0.1) is 11.3 Å². The van der Waals surface area contributed by atoms with Gasteiger partial charge in [-0.1, -0.05) is 13.8 Å². The van der Waals surface area contributed by atoms with Gasteiger partial charge in [0.15, 0.2) is 5.84 Å². The monoisotopic (exact) mass is 496 g/mol. The predicted octanol–water partition coefficient (Wildman–Crippen LogP) is 2.32. The van der Waals surface area contributed by atoms with Gasteiger partial charge >= 0.3 is 0 Å². The fourth-order valence-electron chi connectivity index (χ4n) is 4.72. The molecule has 10 nitrogen and oxygen atoms in total. The highest BCUT2D eigenvalue weighted by molar-refractivity contribution is 7.16. The molecule has 5 N–H and O–H groups in total. The fraction of sp³-hybridized carbons (Fsp3) is 0.542. The number of thiophene rings is 1. The van der Waals surface area contributed by atoms with E-state index in [1.54, 1.807) is 6.07 Å². The molecule has 1 atom stereocenters. The molecule has 5 rings (SSSR count). The Morgan fingerprint density at radius 2 is 2.17 bits per heavy atom. The summed E-state index contributed by atoms with van der Waals surface area (Å²) in [7, 11) is 1.53. The molecule has 0 radical (unpaired) electrons. The summed E-state index contributed by atoms with van der Waals surface area (Å²) in [5, 5.41) is 13.6. The molecule has 3 heterocycles. The average molecular weight is 497 g/mol. The summed E-state index contributed by atoms with van der Waals surface area (Å²) in [6, 6.07) is 3.92. The van der Waals surface area contributed by atoms with Crippen LogP contribution in [0.15, 0.2) is 11.1 Å². The molecular weight excluding hydrogens is 464 g/mol. The maximum atomic E-state index is 13.1. The Kier molecular flexibility index (Phi) is 7.23. The van der Waals surface area contributed by atoms with Crippen LogP contribution in [-0.2, 0) is 11.2 Å². The zero-order chi connectivity index (χ0) is 25.2. The van der Waals surface area contributed by atoms with Gasteiger partial charge < -0.3 is 26.4 Å². The number of piperazine rings is 1. The fourth-order valence-corrected chi connectivity index (χ4v) is 5.84. The normalized spacial score (nSPS) is 20.3. The van der Waals surface area contributed by atoms with Crippen LogP contribution in [0.1, 0.15) is 67.3 Å². The molecule has 1 unspecified atom stereocenters. The van der Waals surface area contributed by atoms with Gasteiger partial charge in [-0.3, -0.25) is 4.79 Å². The lowest BCUT2D eigenvalue weighted by molar-refractivity contribution is -0.119. The van der Waals surface area contributed by atoms with E-state index in [-0.39, 0.29) is 17.2 Å². The predicted molar refractivity (Wildman–Crippen MR) is 137 cm³/mol. The van der Waals surface area contributed by atoms with Gasteiger partial charge in [0, 0.05) is 36.1 Å². The third kappa shape index (κ3) is 4.94. The average Bonchev–Trinajstić information content (AvgIpc) is 3.54. The number of rotatable bonds is 4. The number of fused-ring (bicyclic) bond motifs is 1. The zero-order valence-electron chi connectivity index (χ0n) is 20.4. The molecule has 1 saturated heterocycles. The molecule has 2 aromatic heterocycles. The van der Waals surface area contributed by atoms with Gasteiger partial charge in [0.2, 0.25) is 11.7 Å². The van der Waals surface area contributed by atoms with Crippen LogP contribution in [0.25, 0.3) is 0 Å². The largest absolute Gasteiger partial charge is 0.481 e. The number of nitriles is 1. The summed E-state index contributed by atoms with van der Waals surface area (Å²) in [5.74, 6) is 0.208.